The smallest absolute Gasteiger partial charge is 0.323 e. The Morgan fingerprint density at radius 1 is 1.23 bits per heavy atom. The molecule has 0 bridgehead atoms. The van der Waals surface area contributed by atoms with E-state index in [4.69, 9.17) is 23.2 Å². The normalized spacial score (nSPS) is 11.2. The summed E-state index contributed by atoms with van der Waals surface area (Å²) in [6.45, 7) is 0. The van der Waals surface area contributed by atoms with E-state index in [1.54, 1.807) is 18.2 Å². The van der Waals surface area contributed by atoms with Gasteiger partial charge in [-0.05, 0) is 12.1 Å². The number of nitrogens with one attached hydrogen (secondary N) is 2. The summed E-state index contributed by atoms with van der Waals surface area (Å²) in [7, 11) is -3.56. The van der Waals surface area contributed by atoms with Crippen LogP contribution in [0, 0.1) is 0 Å². The Bertz CT molecular complexity index is 834. The summed E-state index contributed by atoms with van der Waals surface area (Å²) < 4.78 is 22.6. The lowest BCUT2D eigenvalue weighted by molar-refractivity contribution is 0.262. The molecule has 0 saturated carbocycles. The molecule has 0 spiro atoms. The van der Waals surface area contributed by atoms with Gasteiger partial charge in [-0.3, -0.25) is 0 Å². The molecule has 0 radical (unpaired) electrons. The quantitative estimate of drug-likeness (QED) is 0.754. The van der Waals surface area contributed by atoms with Crippen molar-refractivity contribution in [3.8, 4) is 5.75 Å². The highest BCUT2D eigenvalue weighted by molar-refractivity contribution is 7.92. The van der Waals surface area contributed by atoms with Crippen molar-refractivity contribution < 1.29 is 18.3 Å². The van der Waals surface area contributed by atoms with E-state index in [2.05, 4.69) is 10.6 Å². The van der Waals surface area contributed by atoms with Gasteiger partial charge in [-0.1, -0.05) is 29.3 Å². The third-order valence-corrected chi connectivity index (χ3v) is 6.16. The molecule has 2 amide bonds. The van der Waals surface area contributed by atoms with Crippen molar-refractivity contribution >= 4 is 61.8 Å². The highest BCUT2D eigenvalue weighted by Crippen LogP contribution is 2.37. The van der Waals surface area contributed by atoms with E-state index in [1.807, 2.05) is 0 Å². The first-order chi connectivity index (χ1) is 10.2. The van der Waals surface area contributed by atoms with Crippen LogP contribution < -0.4 is 10.6 Å². The maximum Gasteiger partial charge on any atom is 0.323 e. The van der Waals surface area contributed by atoms with E-state index in [-0.39, 0.29) is 25.6 Å². The zero-order valence-electron chi connectivity index (χ0n) is 11.1. The number of urea groups is 1. The number of thiophene rings is 1. The van der Waals surface area contributed by atoms with Gasteiger partial charge in [-0.2, -0.15) is 0 Å². The number of rotatable bonds is 3. The first kappa shape index (κ1) is 16.9. The lowest BCUT2D eigenvalue weighted by Crippen LogP contribution is -2.19. The van der Waals surface area contributed by atoms with Crippen molar-refractivity contribution in [2.24, 2.45) is 0 Å². The number of hydrogen-bond donors (Lipinski definition) is 3. The van der Waals surface area contributed by atoms with E-state index in [0.29, 0.717) is 0 Å². The maximum atomic E-state index is 11.9. The standard InChI is InChI=1S/C12H10Cl2N2O4S2/c1-22(19,20)11-10(17)8(5-21-11)16-12(18)15-7-4-2-3-6(13)9(7)14/h2-5,17H,1H3,(H2,15,16,18). The minimum Gasteiger partial charge on any atom is -0.504 e. The molecule has 10 heteroatoms. The first-order valence-corrected chi connectivity index (χ1v) is 9.25. The predicted molar refractivity (Wildman–Crippen MR) is 88.2 cm³/mol. The van der Waals surface area contributed by atoms with Crippen molar-refractivity contribution in [2.75, 3.05) is 16.9 Å². The molecule has 2 aromatic rings. The van der Waals surface area contributed by atoms with Crippen molar-refractivity contribution in [3.05, 3.63) is 33.6 Å². The molecule has 1 aromatic carbocycles. The van der Waals surface area contributed by atoms with Gasteiger partial charge in [0.25, 0.3) is 0 Å². The Morgan fingerprint density at radius 2 is 1.86 bits per heavy atom. The molecular formula is C12H10Cl2N2O4S2. The SMILES string of the molecule is CS(=O)(=O)c1scc(NC(=O)Nc2cccc(Cl)c2Cl)c1O. The van der Waals surface area contributed by atoms with Crippen LogP contribution in [0.4, 0.5) is 16.2 Å². The molecule has 6 nitrogen and oxygen atoms in total. The second-order valence-corrected chi connectivity index (χ2v) is 8.11. The summed E-state index contributed by atoms with van der Waals surface area (Å²) in [5.41, 5.74) is 0.269. The van der Waals surface area contributed by atoms with Crippen LogP contribution in [0.15, 0.2) is 27.8 Å². The minimum absolute atomic E-state index is 0.0129. The van der Waals surface area contributed by atoms with Gasteiger partial charge in [-0.15, -0.1) is 11.3 Å². The average Bonchev–Trinajstić information content (AvgIpc) is 2.76. The lowest BCUT2D eigenvalue weighted by Gasteiger charge is -2.09. The highest BCUT2D eigenvalue weighted by atomic mass is 35.5. The third kappa shape index (κ3) is 3.64. The molecule has 0 fully saturated rings. The molecule has 22 heavy (non-hydrogen) atoms. The van der Waals surface area contributed by atoms with Crippen molar-refractivity contribution in [2.45, 2.75) is 4.21 Å². The second kappa shape index (κ2) is 6.33. The summed E-state index contributed by atoms with van der Waals surface area (Å²) in [5.74, 6) is -0.500. The Balaban J connectivity index is 2.17. The van der Waals surface area contributed by atoms with Crippen molar-refractivity contribution in [3.63, 3.8) is 0 Å². The second-order valence-electron chi connectivity index (χ2n) is 4.24. The fraction of sp³-hybridized carbons (Fsp3) is 0.0833. The highest BCUT2D eigenvalue weighted by Gasteiger charge is 2.20. The van der Waals surface area contributed by atoms with Gasteiger partial charge < -0.3 is 15.7 Å². The van der Waals surface area contributed by atoms with E-state index < -0.39 is 21.6 Å². The van der Waals surface area contributed by atoms with Crippen LogP contribution in [0.25, 0.3) is 0 Å². The summed E-state index contributed by atoms with van der Waals surface area (Å²) >= 11 is 12.6. The Labute approximate surface area is 140 Å². The van der Waals surface area contributed by atoms with Gasteiger partial charge in [0.1, 0.15) is 0 Å². The van der Waals surface area contributed by atoms with E-state index >= 15 is 0 Å². The minimum atomic E-state index is -3.56. The molecule has 2 rings (SSSR count). The van der Waals surface area contributed by atoms with Crippen LogP contribution in [-0.2, 0) is 9.84 Å². The molecule has 1 aromatic heterocycles. The van der Waals surface area contributed by atoms with Gasteiger partial charge in [0.05, 0.1) is 21.4 Å². The van der Waals surface area contributed by atoms with Gasteiger partial charge in [0.2, 0.25) is 0 Å². The molecule has 3 N–H and O–H groups in total. The average molecular weight is 381 g/mol. The number of anilines is 2. The number of benzene rings is 1. The molecule has 1 heterocycles. The van der Waals surface area contributed by atoms with E-state index in [0.717, 1.165) is 17.6 Å². The topological polar surface area (TPSA) is 95.5 Å². The number of aromatic hydroxyl groups is 1. The monoisotopic (exact) mass is 380 g/mol. The van der Waals surface area contributed by atoms with Gasteiger partial charge in [0, 0.05) is 11.6 Å². The molecule has 0 saturated heterocycles. The zero-order valence-corrected chi connectivity index (χ0v) is 14.2. The number of carbonyl (C=O) groups is 1. The largest absolute Gasteiger partial charge is 0.504 e. The molecule has 118 valence electrons. The zero-order chi connectivity index (χ0) is 16.5. The van der Waals surface area contributed by atoms with Crippen LogP contribution in [0.5, 0.6) is 5.75 Å². The molecule has 0 atom stereocenters. The van der Waals surface area contributed by atoms with Gasteiger partial charge in [-0.25, -0.2) is 13.2 Å². The Hall–Kier alpha value is -1.48. The van der Waals surface area contributed by atoms with Crippen LogP contribution in [-0.4, -0.2) is 25.8 Å². The fourth-order valence-corrected chi connectivity index (χ4v) is 3.83. The number of hydrogen-bond acceptors (Lipinski definition) is 5. The van der Waals surface area contributed by atoms with Crippen LogP contribution in [0.2, 0.25) is 10.0 Å². The number of amides is 2. The number of carbonyl (C=O) groups excluding carboxylic acids is 1. The van der Waals surface area contributed by atoms with Crippen LogP contribution >= 0.6 is 34.5 Å². The summed E-state index contributed by atoms with van der Waals surface area (Å²) in [6.07, 6.45) is 0.966. The van der Waals surface area contributed by atoms with Gasteiger partial charge in [0.15, 0.2) is 19.8 Å². The third-order valence-electron chi connectivity index (χ3n) is 2.52. The molecular weight excluding hydrogens is 371 g/mol. The predicted octanol–water partition coefficient (Wildman–Crippen LogP) is 3.81. The van der Waals surface area contributed by atoms with E-state index in [1.165, 1.54) is 5.38 Å². The first-order valence-electron chi connectivity index (χ1n) is 5.72. The molecule has 0 aliphatic rings. The van der Waals surface area contributed by atoms with Crippen LogP contribution in [0.1, 0.15) is 0 Å². The van der Waals surface area contributed by atoms with Crippen molar-refractivity contribution in [1.29, 1.82) is 0 Å². The van der Waals surface area contributed by atoms with E-state index in [9.17, 15) is 18.3 Å². The number of halogens is 2. The summed E-state index contributed by atoms with van der Waals surface area (Å²) in [4.78, 5) is 11.9. The van der Waals surface area contributed by atoms with Crippen LogP contribution in [0.3, 0.4) is 0 Å². The lowest BCUT2D eigenvalue weighted by atomic mass is 10.3. The van der Waals surface area contributed by atoms with Gasteiger partial charge >= 0.3 is 6.03 Å². The van der Waals surface area contributed by atoms with Crippen molar-refractivity contribution in [1.82, 2.24) is 0 Å². The number of sulfone groups is 1. The Kier molecular flexibility index (Phi) is 4.86. The fourth-order valence-electron chi connectivity index (χ4n) is 1.56. The molecule has 0 aliphatic carbocycles. The molecule has 0 unspecified atom stereocenters. The summed E-state index contributed by atoms with van der Waals surface area (Å²) in [5, 5.41) is 16.4. The summed E-state index contributed by atoms with van der Waals surface area (Å²) in [6, 6.07) is 4.02. The maximum absolute atomic E-state index is 11.9. The Morgan fingerprint density at radius 3 is 2.45 bits per heavy atom. The molecule has 0 aliphatic heterocycles.